The number of nitrogens with one attached hydrogen (secondary N) is 1. The van der Waals surface area contributed by atoms with Gasteiger partial charge in [0, 0.05) is 12.3 Å². The second kappa shape index (κ2) is 11.6. The zero-order valence-corrected chi connectivity index (χ0v) is 21.5. The van der Waals surface area contributed by atoms with Crippen LogP contribution in [-0.4, -0.2) is 14.0 Å². The van der Waals surface area contributed by atoms with Gasteiger partial charge in [-0.15, -0.1) is 11.5 Å². The van der Waals surface area contributed by atoms with E-state index in [1.165, 1.54) is 0 Å². The van der Waals surface area contributed by atoms with Crippen LogP contribution in [0.15, 0.2) is 0 Å². The van der Waals surface area contributed by atoms with Crippen molar-refractivity contribution < 1.29 is 35.5 Å². The predicted molar refractivity (Wildman–Crippen MR) is 122 cm³/mol. The van der Waals surface area contributed by atoms with E-state index in [1.807, 2.05) is 0 Å². The number of hydrogen-bond donors (Lipinski definition) is 1. The number of hydrogen-bond acceptors (Lipinski definition) is 1. The zero-order chi connectivity index (χ0) is 26.6. The molecule has 2 nitrogen and oxygen atoms in total. The Labute approximate surface area is 197 Å². The summed E-state index contributed by atoms with van der Waals surface area (Å²) < 4.78 is 94.5. The molecule has 1 N–H and O–H groups in total. The number of halogens is 7. The molecule has 1 atom stereocenters. The van der Waals surface area contributed by atoms with E-state index in [0.29, 0.717) is 23.0 Å². The van der Waals surface area contributed by atoms with Crippen molar-refractivity contribution in [2.24, 2.45) is 5.92 Å². The second-order valence-corrected chi connectivity index (χ2v) is 15.0. The maximum absolute atomic E-state index is 14.2. The van der Waals surface area contributed by atoms with E-state index in [0.717, 1.165) is 0 Å². The van der Waals surface area contributed by atoms with Crippen molar-refractivity contribution in [3.05, 3.63) is 28.8 Å². The van der Waals surface area contributed by atoms with Gasteiger partial charge in [0.2, 0.25) is 5.91 Å². The highest BCUT2D eigenvalue weighted by Crippen LogP contribution is 2.41. The Morgan fingerprint density at radius 3 is 1.68 bits per heavy atom. The van der Waals surface area contributed by atoms with Gasteiger partial charge in [-0.05, 0) is 23.0 Å². The number of amides is 1. The molecule has 1 rings (SSSR count). The van der Waals surface area contributed by atoms with Gasteiger partial charge >= 0.3 is 6.18 Å². The van der Waals surface area contributed by atoms with Gasteiger partial charge in [-0.25, -0.2) is 17.6 Å². The van der Waals surface area contributed by atoms with Crippen LogP contribution < -0.4 is 5.32 Å². The normalized spacial score (nSPS) is 13.3. The van der Waals surface area contributed by atoms with Crippen LogP contribution in [-0.2, 0) is 11.0 Å². The molecule has 0 heterocycles. The first-order valence-electron chi connectivity index (χ1n) is 11.3. The lowest BCUT2D eigenvalue weighted by Gasteiger charge is -2.38. The number of rotatable bonds is 8. The Morgan fingerprint density at radius 1 is 0.882 bits per heavy atom. The minimum Gasteiger partial charge on any atom is -0.321 e. The third kappa shape index (κ3) is 6.15. The molecule has 0 aromatic heterocycles. The number of alkyl halides is 3. The van der Waals surface area contributed by atoms with Crippen LogP contribution in [0.25, 0.3) is 0 Å². The Morgan fingerprint density at radius 2 is 1.32 bits per heavy atom. The van der Waals surface area contributed by atoms with Gasteiger partial charge in [-0.2, -0.15) is 13.2 Å². The van der Waals surface area contributed by atoms with Crippen LogP contribution in [0.3, 0.4) is 0 Å². The highest BCUT2D eigenvalue weighted by molar-refractivity contribution is 6.90. The summed E-state index contributed by atoms with van der Waals surface area (Å²) in [4.78, 5) is 12.7. The molecule has 10 heteroatoms. The van der Waals surface area contributed by atoms with E-state index in [-0.39, 0.29) is 12.8 Å². The lowest BCUT2D eigenvalue weighted by Crippen LogP contribution is -2.43. The first-order valence-corrected chi connectivity index (χ1v) is 13.5. The van der Waals surface area contributed by atoms with Gasteiger partial charge in [0.15, 0.2) is 23.3 Å². The van der Waals surface area contributed by atoms with E-state index < -0.39 is 60.6 Å². The van der Waals surface area contributed by atoms with Crippen molar-refractivity contribution >= 4 is 19.7 Å². The topological polar surface area (TPSA) is 29.1 Å². The molecular weight excluding hydrogens is 479 g/mol. The minimum atomic E-state index is -5.65. The fourth-order valence-electron chi connectivity index (χ4n) is 4.65. The van der Waals surface area contributed by atoms with Gasteiger partial charge in [0.05, 0.1) is 0 Å². The van der Waals surface area contributed by atoms with Gasteiger partial charge in [0.25, 0.3) is 0 Å². The lowest BCUT2D eigenvalue weighted by atomic mass is 9.99. The van der Waals surface area contributed by atoms with Crippen molar-refractivity contribution in [3.8, 4) is 11.5 Å². The van der Waals surface area contributed by atoms with Crippen LogP contribution in [0.4, 0.5) is 36.4 Å². The number of carbonyl (C=O) groups excluding carboxylic acids is 1. The molecule has 0 spiro atoms. The van der Waals surface area contributed by atoms with Gasteiger partial charge in [-0.1, -0.05) is 54.9 Å². The monoisotopic (exact) mass is 511 g/mol. The van der Waals surface area contributed by atoms with Crippen LogP contribution in [0.1, 0.15) is 73.3 Å². The van der Waals surface area contributed by atoms with Gasteiger partial charge in [0.1, 0.15) is 19.3 Å². The molecule has 1 aromatic rings. The quantitative estimate of drug-likeness (QED) is 0.162. The maximum atomic E-state index is 14.2. The van der Waals surface area contributed by atoms with Crippen LogP contribution in [0.2, 0.25) is 16.6 Å². The van der Waals surface area contributed by atoms with E-state index in [2.05, 4.69) is 53.0 Å². The highest BCUT2D eigenvalue weighted by Gasteiger charge is 2.43. The molecule has 0 aliphatic carbocycles. The zero-order valence-electron chi connectivity index (χ0n) is 20.5. The molecule has 0 saturated heterocycles. The molecule has 0 aliphatic rings. The summed E-state index contributed by atoms with van der Waals surface area (Å²) in [7, 11) is -2.10. The summed E-state index contributed by atoms with van der Waals surface area (Å²) in [5, 5.41) is 1.75. The lowest BCUT2D eigenvalue weighted by molar-refractivity contribution is -0.143. The van der Waals surface area contributed by atoms with Crippen LogP contribution in [0.5, 0.6) is 0 Å². The molecule has 192 valence electrons. The first-order chi connectivity index (χ1) is 15.5. The molecular formula is C24H32F7NOSi. The predicted octanol–water partition coefficient (Wildman–Crippen LogP) is 8.23. The molecule has 0 bridgehead atoms. The summed E-state index contributed by atoms with van der Waals surface area (Å²) in [5.74, 6) is -8.63. The summed E-state index contributed by atoms with van der Waals surface area (Å²) in [6.07, 6.45) is -4.86. The molecule has 1 aromatic carbocycles. The van der Waals surface area contributed by atoms with Crippen molar-refractivity contribution in [2.75, 3.05) is 5.32 Å². The Kier molecular flexibility index (Phi) is 10.2. The molecule has 0 radical (unpaired) electrons. The average Bonchev–Trinajstić information content (AvgIpc) is 2.70. The molecule has 0 fully saturated rings. The third-order valence-corrected chi connectivity index (χ3v) is 12.7. The second-order valence-electron chi connectivity index (χ2n) is 9.38. The van der Waals surface area contributed by atoms with Crippen LogP contribution in [0, 0.1) is 40.7 Å². The number of benzene rings is 1. The SMILES string of the molecule is CCCC(CC#C[Si](C(C)C)(C(C)C)C(C)C)C(=O)Nc1c(F)c(F)c(C(F)(F)F)c(F)c1F. The van der Waals surface area contributed by atoms with E-state index in [4.69, 9.17) is 0 Å². The fraction of sp³-hybridized carbons (Fsp3) is 0.625. The summed E-state index contributed by atoms with van der Waals surface area (Å²) in [6.45, 7) is 14.4. The number of carbonyl (C=O) groups is 1. The van der Waals surface area contributed by atoms with Crippen molar-refractivity contribution in [2.45, 2.75) is 90.5 Å². The van der Waals surface area contributed by atoms with E-state index >= 15 is 0 Å². The smallest absolute Gasteiger partial charge is 0.321 e. The minimum absolute atomic E-state index is 0.0371. The largest absolute Gasteiger partial charge is 0.422 e. The fourth-order valence-corrected chi connectivity index (χ4v) is 9.92. The Hall–Kier alpha value is -2.02. The van der Waals surface area contributed by atoms with Crippen molar-refractivity contribution in [1.29, 1.82) is 0 Å². The molecule has 34 heavy (non-hydrogen) atoms. The summed E-state index contributed by atoms with van der Waals surface area (Å²) in [5.41, 5.74) is 0.147. The van der Waals surface area contributed by atoms with Gasteiger partial charge in [-0.3, -0.25) is 4.79 Å². The molecule has 1 unspecified atom stereocenters. The molecule has 1 amide bonds. The average molecular weight is 512 g/mol. The number of anilines is 1. The maximum Gasteiger partial charge on any atom is 0.422 e. The summed E-state index contributed by atoms with van der Waals surface area (Å²) >= 11 is 0. The molecule has 0 saturated carbocycles. The molecule has 0 aliphatic heterocycles. The van der Waals surface area contributed by atoms with Gasteiger partial charge < -0.3 is 5.32 Å². The van der Waals surface area contributed by atoms with Crippen molar-refractivity contribution in [1.82, 2.24) is 0 Å². The standard InChI is InChI=1S/C24H32F7NOSi/c1-8-10-16(11-9-12-34(13(2)3,14(4)5)15(6)7)23(33)32-22-20(27)18(25)17(24(29,30)31)19(26)21(22)28/h13-16H,8,10-11H2,1-7H3,(H,32,33). The highest BCUT2D eigenvalue weighted by atomic mass is 28.3. The van der Waals surface area contributed by atoms with Crippen molar-refractivity contribution in [3.63, 3.8) is 0 Å². The van der Waals surface area contributed by atoms with E-state index in [9.17, 15) is 35.5 Å². The third-order valence-electron chi connectivity index (χ3n) is 6.32. The van der Waals surface area contributed by atoms with E-state index in [1.54, 1.807) is 12.2 Å². The first kappa shape index (κ1) is 30.0. The Balaban J connectivity index is 3.33. The summed E-state index contributed by atoms with van der Waals surface area (Å²) in [6, 6.07) is 0. The van der Waals surface area contributed by atoms with Crippen LogP contribution >= 0.6 is 0 Å². The Bertz CT molecular complexity index is 895.